The second-order valence-electron chi connectivity index (χ2n) is 3.24. The van der Waals surface area contributed by atoms with Gasteiger partial charge in [0.2, 0.25) is 6.43 Å². The average molecular weight is 242 g/mol. The molecule has 1 aromatic carbocycles. The molecule has 6 heteroatoms. The summed E-state index contributed by atoms with van der Waals surface area (Å²) in [5.74, 6) is -6.85. The molecule has 0 aliphatic rings. The summed E-state index contributed by atoms with van der Waals surface area (Å²) in [6, 6.07) is 0.485. The molecule has 0 N–H and O–H groups in total. The van der Waals surface area contributed by atoms with Gasteiger partial charge >= 0.3 is 0 Å². The van der Waals surface area contributed by atoms with Crippen LogP contribution in [-0.4, -0.2) is 6.43 Å². The van der Waals surface area contributed by atoms with Gasteiger partial charge in [0.05, 0.1) is 0 Å². The Morgan fingerprint density at radius 1 is 0.938 bits per heavy atom. The van der Waals surface area contributed by atoms with Gasteiger partial charge in [0, 0.05) is 6.42 Å². The Labute approximate surface area is 87.9 Å². The van der Waals surface area contributed by atoms with Gasteiger partial charge in [0.1, 0.15) is 0 Å². The lowest BCUT2D eigenvalue weighted by Crippen LogP contribution is -2.02. The van der Waals surface area contributed by atoms with E-state index in [0.29, 0.717) is 6.07 Å². The molecule has 0 saturated carbocycles. The molecule has 16 heavy (non-hydrogen) atoms. The van der Waals surface area contributed by atoms with E-state index in [-0.39, 0.29) is 12.8 Å². The first-order valence-corrected chi connectivity index (χ1v) is 4.53. The number of aryl methyl sites for hydroxylation is 1. The Hall–Kier alpha value is -1.20. The van der Waals surface area contributed by atoms with Crippen LogP contribution in [0.3, 0.4) is 0 Å². The smallest absolute Gasteiger partial charge is 0.211 e. The van der Waals surface area contributed by atoms with Crippen molar-refractivity contribution in [3.63, 3.8) is 0 Å². The molecular weight excluding hydrogens is 234 g/mol. The molecule has 0 aliphatic heterocycles. The molecule has 0 radical (unpaired) electrons. The van der Waals surface area contributed by atoms with Crippen molar-refractivity contribution < 1.29 is 26.3 Å². The van der Waals surface area contributed by atoms with Crippen LogP contribution in [0.1, 0.15) is 18.4 Å². The van der Waals surface area contributed by atoms with E-state index < -0.39 is 41.7 Å². The molecule has 90 valence electrons. The van der Waals surface area contributed by atoms with Crippen molar-refractivity contribution in [3.05, 3.63) is 34.9 Å². The van der Waals surface area contributed by atoms with Crippen molar-refractivity contribution >= 4 is 0 Å². The van der Waals surface area contributed by atoms with Gasteiger partial charge in [-0.3, -0.25) is 0 Å². The third-order valence-corrected chi connectivity index (χ3v) is 2.05. The maximum Gasteiger partial charge on any atom is 0.238 e. The number of halogens is 6. The standard InChI is InChI=1S/C10H8F6/c11-6-4-5(2-1-3-7(12)13)8(14)10(16)9(6)15/h4,7H,1-3H2. The first-order valence-electron chi connectivity index (χ1n) is 4.53. The van der Waals surface area contributed by atoms with E-state index in [0.717, 1.165) is 0 Å². The van der Waals surface area contributed by atoms with E-state index in [9.17, 15) is 26.3 Å². The number of rotatable bonds is 4. The zero-order chi connectivity index (χ0) is 12.3. The average Bonchev–Trinajstić information content (AvgIpc) is 2.22. The van der Waals surface area contributed by atoms with E-state index in [2.05, 4.69) is 0 Å². The van der Waals surface area contributed by atoms with Crippen molar-refractivity contribution in [2.45, 2.75) is 25.7 Å². The molecule has 0 heterocycles. The highest BCUT2D eigenvalue weighted by atomic mass is 19.3. The largest absolute Gasteiger partial charge is 0.238 e. The molecule has 0 aliphatic carbocycles. The second-order valence-corrected chi connectivity index (χ2v) is 3.24. The SMILES string of the molecule is Fc1cc(CCCC(F)F)c(F)c(F)c1F. The minimum Gasteiger partial charge on any atom is -0.211 e. The predicted molar refractivity (Wildman–Crippen MR) is 45.2 cm³/mol. The zero-order valence-electron chi connectivity index (χ0n) is 8.04. The van der Waals surface area contributed by atoms with E-state index >= 15 is 0 Å². The van der Waals surface area contributed by atoms with Crippen LogP contribution in [-0.2, 0) is 6.42 Å². The van der Waals surface area contributed by atoms with Crippen LogP contribution in [0.5, 0.6) is 0 Å². The van der Waals surface area contributed by atoms with Gasteiger partial charge in [-0.2, -0.15) is 0 Å². The topological polar surface area (TPSA) is 0 Å². The summed E-state index contributed by atoms with van der Waals surface area (Å²) in [5.41, 5.74) is -0.433. The number of benzene rings is 1. The number of hydrogen-bond donors (Lipinski definition) is 0. The molecule has 0 fully saturated rings. The van der Waals surface area contributed by atoms with E-state index in [4.69, 9.17) is 0 Å². The Morgan fingerprint density at radius 3 is 2.12 bits per heavy atom. The highest BCUT2D eigenvalue weighted by Gasteiger charge is 2.18. The molecule has 1 aromatic rings. The van der Waals surface area contributed by atoms with E-state index in [1.807, 2.05) is 0 Å². The molecule has 0 amide bonds. The van der Waals surface area contributed by atoms with Crippen LogP contribution in [0.15, 0.2) is 6.07 Å². The molecule has 0 aromatic heterocycles. The van der Waals surface area contributed by atoms with Crippen molar-refractivity contribution in [1.82, 2.24) is 0 Å². The van der Waals surface area contributed by atoms with Crippen LogP contribution >= 0.6 is 0 Å². The summed E-state index contributed by atoms with van der Waals surface area (Å²) in [4.78, 5) is 0. The second kappa shape index (κ2) is 5.23. The summed E-state index contributed by atoms with van der Waals surface area (Å²) in [6.45, 7) is 0. The van der Waals surface area contributed by atoms with Crippen LogP contribution in [0.25, 0.3) is 0 Å². The molecular formula is C10H8F6. The summed E-state index contributed by atoms with van der Waals surface area (Å²) in [7, 11) is 0. The number of alkyl halides is 2. The lowest BCUT2D eigenvalue weighted by molar-refractivity contribution is 0.135. The quantitative estimate of drug-likeness (QED) is 0.427. The summed E-state index contributed by atoms with van der Waals surface area (Å²) >= 11 is 0. The minimum absolute atomic E-state index is 0.126. The molecule has 1 rings (SSSR count). The summed E-state index contributed by atoms with van der Waals surface area (Å²) < 4.78 is 74.4. The fourth-order valence-corrected chi connectivity index (χ4v) is 1.25. The van der Waals surface area contributed by atoms with Crippen molar-refractivity contribution in [3.8, 4) is 0 Å². The number of hydrogen-bond acceptors (Lipinski definition) is 0. The third-order valence-electron chi connectivity index (χ3n) is 2.05. The van der Waals surface area contributed by atoms with Crippen LogP contribution < -0.4 is 0 Å². The molecule has 0 unspecified atom stereocenters. The molecule has 0 saturated heterocycles. The normalized spacial score (nSPS) is 11.2. The van der Waals surface area contributed by atoms with Crippen LogP contribution in [0.4, 0.5) is 26.3 Å². The van der Waals surface area contributed by atoms with Crippen molar-refractivity contribution in [2.24, 2.45) is 0 Å². The maximum atomic E-state index is 13.0. The summed E-state index contributed by atoms with van der Waals surface area (Å²) in [5, 5.41) is 0. The monoisotopic (exact) mass is 242 g/mol. The van der Waals surface area contributed by atoms with Crippen molar-refractivity contribution in [1.29, 1.82) is 0 Å². The van der Waals surface area contributed by atoms with Crippen LogP contribution in [0.2, 0.25) is 0 Å². The molecule has 0 bridgehead atoms. The lowest BCUT2D eigenvalue weighted by Gasteiger charge is -2.05. The van der Waals surface area contributed by atoms with Gasteiger partial charge in [0.15, 0.2) is 23.3 Å². The third kappa shape index (κ3) is 2.90. The Kier molecular flexibility index (Phi) is 4.20. The maximum absolute atomic E-state index is 13.0. The highest BCUT2D eigenvalue weighted by molar-refractivity contribution is 5.21. The molecule has 0 nitrogen and oxygen atoms in total. The van der Waals surface area contributed by atoms with Gasteiger partial charge in [-0.25, -0.2) is 26.3 Å². The fourth-order valence-electron chi connectivity index (χ4n) is 1.25. The highest BCUT2D eigenvalue weighted by Crippen LogP contribution is 2.20. The van der Waals surface area contributed by atoms with Gasteiger partial charge in [-0.1, -0.05) is 0 Å². The van der Waals surface area contributed by atoms with Gasteiger partial charge < -0.3 is 0 Å². The molecule has 0 atom stereocenters. The Bertz CT molecular complexity index is 374. The first-order chi connectivity index (χ1) is 7.43. The van der Waals surface area contributed by atoms with Gasteiger partial charge in [-0.15, -0.1) is 0 Å². The Morgan fingerprint density at radius 2 is 1.56 bits per heavy atom. The van der Waals surface area contributed by atoms with Crippen LogP contribution in [0, 0.1) is 23.3 Å². The summed E-state index contributed by atoms with van der Waals surface area (Å²) in [6.07, 6.45) is -3.44. The van der Waals surface area contributed by atoms with Gasteiger partial charge in [-0.05, 0) is 24.5 Å². The fraction of sp³-hybridized carbons (Fsp3) is 0.400. The lowest BCUT2D eigenvalue weighted by atomic mass is 10.1. The first kappa shape index (κ1) is 12.9. The van der Waals surface area contributed by atoms with E-state index in [1.165, 1.54) is 0 Å². The van der Waals surface area contributed by atoms with E-state index in [1.54, 1.807) is 0 Å². The Balaban J connectivity index is 2.81. The van der Waals surface area contributed by atoms with Gasteiger partial charge in [0.25, 0.3) is 0 Å². The minimum atomic E-state index is -2.56. The van der Waals surface area contributed by atoms with Crippen molar-refractivity contribution in [2.75, 3.05) is 0 Å². The molecule has 0 spiro atoms. The predicted octanol–water partition coefficient (Wildman–Crippen LogP) is 3.83. The zero-order valence-corrected chi connectivity index (χ0v) is 8.04.